The van der Waals surface area contributed by atoms with E-state index in [1.54, 1.807) is 13.8 Å². The van der Waals surface area contributed by atoms with Crippen molar-refractivity contribution >= 4 is 23.3 Å². The van der Waals surface area contributed by atoms with E-state index in [9.17, 15) is 9.59 Å². The number of ether oxygens (including phenoxy) is 2. The van der Waals surface area contributed by atoms with Crippen LogP contribution in [0.3, 0.4) is 0 Å². The van der Waals surface area contributed by atoms with Gasteiger partial charge in [0.1, 0.15) is 0 Å². The number of nitrogens with zero attached hydrogens (tertiary/aromatic N) is 1. The summed E-state index contributed by atoms with van der Waals surface area (Å²) in [5, 5.41) is 4.10. The molecule has 0 amide bonds. The Labute approximate surface area is 124 Å². The third-order valence-electron chi connectivity index (χ3n) is 2.42. The highest BCUT2D eigenvalue weighted by molar-refractivity contribution is 6.06. The van der Waals surface area contributed by atoms with Crippen LogP contribution in [0.1, 0.15) is 26.7 Å². The number of para-hydroxylation sites is 1. The molecule has 6 nitrogen and oxygen atoms in total. The summed E-state index contributed by atoms with van der Waals surface area (Å²) in [5.41, 5.74) is 3.95. The Kier molecular flexibility index (Phi) is 7.56. The van der Waals surface area contributed by atoms with Crippen molar-refractivity contribution in [3.05, 3.63) is 30.3 Å². The molecule has 0 radical (unpaired) electrons. The maximum Gasteiger partial charge on any atom is 0.311 e. The van der Waals surface area contributed by atoms with Gasteiger partial charge in [0.25, 0.3) is 0 Å². The number of rotatable bonds is 8. The lowest BCUT2D eigenvalue weighted by atomic mass is 10.2. The van der Waals surface area contributed by atoms with Gasteiger partial charge >= 0.3 is 11.9 Å². The van der Waals surface area contributed by atoms with Gasteiger partial charge in [0.15, 0.2) is 0 Å². The molecule has 0 saturated carbocycles. The fraction of sp³-hybridized carbons (Fsp3) is 0.400. The average molecular weight is 292 g/mol. The van der Waals surface area contributed by atoms with Crippen molar-refractivity contribution in [2.75, 3.05) is 18.6 Å². The predicted molar refractivity (Wildman–Crippen MR) is 80.0 cm³/mol. The van der Waals surface area contributed by atoms with Gasteiger partial charge in [-0.05, 0) is 26.0 Å². The average Bonchev–Trinajstić information content (AvgIpc) is 2.46. The molecule has 1 N–H and O–H groups in total. The zero-order valence-corrected chi connectivity index (χ0v) is 12.3. The summed E-state index contributed by atoms with van der Waals surface area (Å²) in [6.07, 6.45) is -0.0982. The number of hydrazone groups is 1. The number of hydrogen-bond donors (Lipinski definition) is 1. The Morgan fingerprint density at radius 3 is 2.00 bits per heavy atom. The van der Waals surface area contributed by atoms with Crippen molar-refractivity contribution in [1.82, 2.24) is 0 Å². The Hall–Kier alpha value is -2.37. The van der Waals surface area contributed by atoms with Gasteiger partial charge in [0, 0.05) is 0 Å². The summed E-state index contributed by atoms with van der Waals surface area (Å²) in [7, 11) is 0. The van der Waals surface area contributed by atoms with E-state index in [1.165, 1.54) is 0 Å². The molecule has 1 aromatic rings. The molecule has 0 aromatic heterocycles. The van der Waals surface area contributed by atoms with Crippen LogP contribution in [0.15, 0.2) is 35.4 Å². The normalized spacial score (nSPS) is 9.62. The topological polar surface area (TPSA) is 77.0 Å². The fourth-order valence-electron chi connectivity index (χ4n) is 1.56. The van der Waals surface area contributed by atoms with Crippen LogP contribution in [0.4, 0.5) is 5.69 Å². The first-order valence-electron chi connectivity index (χ1n) is 6.83. The third kappa shape index (κ3) is 7.10. The summed E-state index contributed by atoms with van der Waals surface area (Å²) in [5.74, 6) is -0.842. The molecule has 0 aliphatic heterocycles. The van der Waals surface area contributed by atoms with Crippen molar-refractivity contribution < 1.29 is 19.1 Å². The molecule has 0 fully saturated rings. The van der Waals surface area contributed by atoms with Crippen molar-refractivity contribution in [2.24, 2.45) is 5.10 Å². The number of nitrogens with one attached hydrogen (secondary N) is 1. The van der Waals surface area contributed by atoms with E-state index in [0.29, 0.717) is 5.71 Å². The van der Waals surface area contributed by atoms with Crippen LogP contribution in [-0.4, -0.2) is 30.9 Å². The molecular weight excluding hydrogens is 272 g/mol. The van der Waals surface area contributed by atoms with Gasteiger partial charge in [-0.2, -0.15) is 5.10 Å². The van der Waals surface area contributed by atoms with Gasteiger partial charge in [-0.25, -0.2) is 0 Å². The summed E-state index contributed by atoms with van der Waals surface area (Å²) >= 11 is 0. The molecule has 114 valence electrons. The van der Waals surface area contributed by atoms with E-state index < -0.39 is 11.9 Å². The van der Waals surface area contributed by atoms with E-state index >= 15 is 0 Å². The summed E-state index contributed by atoms with van der Waals surface area (Å²) in [4.78, 5) is 23.0. The second-order valence-electron chi connectivity index (χ2n) is 4.12. The molecule has 0 aliphatic rings. The first-order chi connectivity index (χ1) is 10.2. The number of benzene rings is 1. The lowest BCUT2D eigenvalue weighted by Gasteiger charge is -2.07. The highest BCUT2D eigenvalue weighted by Crippen LogP contribution is 2.06. The van der Waals surface area contributed by atoms with Crippen molar-refractivity contribution in [1.29, 1.82) is 0 Å². The van der Waals surface area contributed by atoms with Crippen molar-refractivity contribution in [3.8, 4) is 0 Å². The van der Waals surface area contributed by atoms with Gasteiger partial charge < -0.3 is 9.47 Å². The Balaban J connectivity index is 2.69. The Morgan fingerprint density at radius 2 is 1.52 bits per heavy atom. The van der Waals surface area contributed by atoms with Gasteiger partial charge in [0.2, 0.25) is 0 Å². The van der Waals surface area contributed by atoms with Crippen LogP contribution in [0.2, 0.25) is 0 Å². The summed E-state index contributed by atoms with van der Waals surface area (Å²) < 4.78 is 9.73. The van der Waals surface area contributed by atoms with Crippen LogP contribution < -0.4 is 5.43 Å². The zero-order chi connectivity index (χ0) is 15.5. The Morgan fingerprint density at radius 1 is 1.00 bits per heavy atom. The Bertz CT molecular complexity index is 464. The van der Waals surface area contributed by atoms with Crippen LogP contribution >= 0.6 is 0 Å². The molecule has 0 unspecified atom stereocenters. The van der Waals surface area contributed by atoms with Gasteiger partial charge in [-0.1, -0.05) is 18.2 Å². The van der Waals surface area contributed by atoms with E-state index in [1.807, 2.05) is 30.3 Å². The number of carbonyl (C=O) groups is 2. The quantitative estimate of drug-likeness (QED) is 0.452. The molecule has 0 atom stereocenters. The van der Waals surface area contributed by atoms with Crippen molar-refractivity contribution in [2.45, 2.75) is 26.7 Å². The maximum atomic E-state index is 11.5. The van der Waals surface area contributed by atoms with E-state index in [0.717, 1.165) is 5.69 Å². The van der Waals surface area contributed by atoms with E-state index in [4.69, 9.17) is 9.47 Å². The number of esters is 2. The highest BCUT2D eigenvalue weighted by Gasteiger charge is 2.14. The highest BCUT2D eigenvalue weighted by atomic mass is 16.5. The van der Waals surface area contributed by atoms with Gasteiger partial charge in [-0.15, -0.1) is 0 Å². The third-order valence-corrected chi connectivity index (χ3v) is 2.42. The first-order valence-corrected chi connectivity index (χ1v) is 6.83. The largest absolute Gasteiger partial charge is 0.466 e. The van der Waals surface area contributed by atoms with Gasteiger partial charge in [0.05, 0.1) is 37.5 Å². The fourth-order valence-corrected chi connectivity index (χ4v) is 1.56. The molecule has 0 bridgehead atoms. The predicted octanol–water partition coefficient (Wildman–Crippen LogP) is 2.36. The second kappa shape index (κ2) is 9.52. The molecule has 21 heavy (non-hydrogen) atoms. The number of anilines is 1. The molecule has 6 heteroatoms. The minimum Gasteiger partial charge on any atom is -0.466 e. The summed E-state index contributed by atoms with van der Waals surface area (Å²) in [6.45, 7) is 4.03. The smallest absolute Gasteiger partial charge is 0.311 e. The monoisotopic (exact) mass is 292 g/mol. The lowest BCUT2D eigenvalue weighted by molar-refractivity contribution is -0.141. The number of hydrogen-bond acceptors (Lipinski definition) is 6. The number of carbonyl (C=O) groups excluding carboxylic acids is 2. The minimum atomic E-state index is -0.421. The first kappa shape index (κ1) is 16.7. The molecule has 0 aliphatic carbocycles. The standard InChI is InChI=1S/C15H20N2O4/c1-3-20-14(18)10-13(11-15(19)21-4-2)17-16-12-8-6-5-7-9-12/h5-9,16H,3-4,10-11H2,1-2H3. The molecule has 0 spiro atoms. The second-order valence-corrected chi connectivity index (χ2v) is 4.12. The molecule has 0 heterocycles. The maximum absolute atomic E-state index is 11.5. The van der Waals surface area contributed by atoms with Crippen LogP contribution in [0.25, 0.3) is 0 Å². The van der Waals surface area contributed by atoms with Crippen LogP contribution in [0, 0.1) is 0 Å². The molecule has 0 saturated heterocycles. The molecule has 1 aromatic carbocycles. The van der Waals surface area contributed by atoms with E-state index in [2.05, 4.69) is 10.5 Å². The summed E-state index contributed by atoms with van der Waals surface area (Å²) in [6, 6.07) is 9.25. The van der Waals surface area contributed by atoms with Crippen LogP contribution in [0.5, 0.6) is 0 Å². The molecular formula is C15H20N2O4. The molecule has 1 rings (SSSR count). The zero-order valence-electron chi connectivity index (χ0n) is 12.3. The lowest BCUT2D eigenvalue weighted by Crippen LogP contribution is -2.17. The van der Waals surface area contributed by atoms with Crippen LogP contribution in [-0.2, 0) is 19.1 Å². The SMILES string of the molecule is CCOC(=O)CC(CC(=O)OCC)=NNc1ccccc1. The minimum absolute atomic E-state index is 0.0491. The van der Waals surface area contributed by atoms with Gasteiger partial charge in [-0.3, -0.25) is 15.0 Å². The van der Waals surface area contributed by atoms with Crippen molar-refractivity contribution in [3.63, 3.8) is 0 Å². The van der Waals surface area contributed by atoms with E-state index in [-0.39, 0.29) is 26.1 Å².